The van der Waals surface area contributed by atoms with Crippen LogP contribution in [0.5, 0.6) is 0 Å². The fourth-order valence-corrected chi connectivity index (χ4v) is 2.98. The number of rotatable bonds is 4. The zero-order chi connectivity index (χ0) is 18.7. The van der Waals surface area contributed by atoms with Gasteiger partial charge in [-0.1, -0.05) is 12.1 Å². The molecule has 26 heavy (non-hydrogen) atoms. The first-order chi connectivity index (χ1) is 12.5. The maximum absolute atomic E-state index is 12.6. The number of hydrogen-bond donors (Lipinski definition) is 1. The Hall–Kier alpha value is -2.67. The summed E-state index contributed by atoms with van der Waals surface area (Å²) in [6.45, 7) is 8.12. The number of amides is 1. The van der Waals surface area contributed by atoms with Crippen LogP contribution in [0.2, 0.25) is 0 Å². The highest BCUT2D eigenvalue weighted by atomic mass is 16.5. The van der Waals surface area contributed by atoms with Crippen LogP contribution in [0, 0.1) is 20.8 Å². The van der Waals surface area contributed by atoms with Gasteiger partial charge >= 0.3 is 0 Å². The molecule has 0 saturated carbocycles. The van der Waals surface area contributed by atoms with E-state index in [9.17, 15) is 9.59 Å². The topological polar surface area (TPSA) is 76.5 Å². The molecule has 0 radical (unpaired) electrons. The highest BCUT2D eigenvalue weighted by Crippen LogP contribution is 2.18. The number of aryl methyl sites for hydroxylation is 2. The van der Waals surface area contributed by atoms with Crippen LogP contribution in [-0.2, 0) is 16.1 Å². The van der Waals surface area contributed by atoms with Gasteiger partial charge in [0.25, 0.3) is 5.56 Å². The smallest absolute Gasteiger partial charge is 0.255 e. The molecule has 0 atom stereocenters. The van der Waals surface area contributed by atoms with E-state index >= 15 is 0 Å². The summed E-state index contributed by atoms with van der Waals surface area (Å²) in [5.74, 6) is 0.273. The fourth-order valence-electron chi connectivity index (χ4n) is 2.98. The third kappa shape index (κ3) is 3.94. The molecule has 1 amide bonds. The van der Waals surface area contributed by atoms with Crippen molar-refractivity contribution in [3.8, 4) is 0 Å². The molecule has 1 fully saturated rings. The predicted octanol–water partition coefficient (Wildman–Crippen LogP) is 1.64. The van der Waals surface area contributed by atoms with Crippen molar-refractivity contribution in [2.45, 2.75) is 27.3 Å². The summed E-state index contributed by atoms with van der Waals surface area (Å²) in [5.41, 5.74) is 3.29. The van der Waals surface area contributed by atoms with Crippen molar-refractivity contribution in [1.82, 2.24) is 9.55 Å². The molecule has 0 bridgehead atoms. The minimum atomic E-state index is -0.249. The number of hydrogen-bond acceptors (Lipinski definition) is 5. The zero-order valence-corrected chi connectivity index (χ0v) is 15.4. The van der Waals surface area contributed by atoms with E-state index in [4.69, 9.17) is 4.74 Å². The first kappa shape index (κ1) is 18.1. The van der Waals surface area contributed by atoms with Crippen molar-refractivity contribution in [1.29, 1.82) is 0 Å². The van der Waals surface area contributed by atoms with Crippen molar-refractivity contribution < 1.29 is 9.53 Å². The number of aromatic nitrogens is 2. The Morgan fingerprint density at radius 2 is 1.96 bits per heavy atom. The lowest BCUT2D eigenvalue weighted by Crippen LogP contribution is -2.41. The lowest BCUT2D eigenvalue weighted by atomic mass is 10.1. The van der Waals surface area contributed by atoms with Crippen molar-refractivity contribution in [3.63, 3.8) is 0 Å². The van der Waals surface area contributed by atoms with E-state index < -0.39 is 0 Å². The number of carbonyl (C=O) groups excluding carboxylic acids is 1. The summed E-state index contributed by atoms with van der Waals surface area (Å²) in [5, 5.41) is 2.90. The second-order valence-electron chi connectivity index (χ2n) is 6.52. The molecule has 7 nitrogen and oxygen atoms in total. The Balaban J connectivity index is 1.85. The van der Waals surface area contributed by atoms with Crippen LogP contribution < -0.4 is 15.8 Å². The fraction of sp³-hybridized carbons (Fsp3) is 0.421. The molecule has 1 aromatic heterocycles. The first-order valence-corrected chi connectivity index (χ1v) is 8.73. The minimum absolute atomic E-state index is 0.0772. The van der Waals surface area contributed by atoms with E-state index in [-0.39, 0.29) is 18.0 Å². The molecule has 1 aliphatic heterocycles. The molecule has 1 saturated heterocycles. The van der Waals surface area contributed by atoms with Crippen molar-refractivity contribution in [2.24, 2.45) is 0 Å². The monoisotopic (exact) mass is 356 g/mol. The molecule has 0 unspecified atom stereocenters. The molecule has 138 valence electrons. The van der Waals surface area contributed by atoms with Gasteiger partial charge < -0.3 is 15.0 Å². The highest BCUT2D eigenvalue weighted by molar-refractivity contribution is 5.91. The Bertz CT molecular complexity index is 870. The van der Waals surface area contributed by atoms with E-state index in [1.807, 2.05) is 36.9 Å². The Kier molecular flexibility index (Phi) is 5.37. The second-order valence-corrected chi connectivity index (χ2v) is 6.52. The molecule has 0 spiro atoms. The van der Waals surface area contributed by atoms with Gasteiger partial charge in [0, 0.05) is 30.5 Å². The second kappa shape index (κ2) is 7.70. The van der Waals surface area contributed by atoms with Gasteiger partial charge in [0.1, 0.15) is 6.54 Å². The van der Waals surface area contributed by atoms with Gasteiger partial charge in [-0.15, -0.1) is 0 Å². The summed E-state index contributed by atoms with van der Waals surface area (Å²) < 4.78 is 6.80. The number of benzene rings is 1. The van der Waals surface area contributed by atoms with Gasteiger partial charge in [0.05, 0.1) is 13.2 Å². The maximum Gasteiger partial charge on any atom is 0.255 e. The number of morpholine rings is 1. The average Bonchev–Trinajstić information content (AvgIpc) is 2.62. The number of anilines is 2. The SMILES string of the molecule is Cc1cc(=O)n(CC(=O)Nc2cccc(C)c2C)c(N2CCOCC2)n1. The largest absolute Gasteiger partial charge is 0.378 e. The van der Waals surface area contributed by atoms with Crippen molar-refractivity contribution >= 4 is 17.5 Å². The number of carbonyl (C=O) groups is 1. The van der Waals surface area contributed by atoms with Gasteiger partial charge in [-0.2, -0.15) is 0 Å². The van der Waals surface area contributed by atoms with Gasteiger partial charge in [-0.25, -0.2) is 4.98 Å². The lowest BCUT2D eigenvalue weighted by Gasteiger charge is -2.29. The van der Waals surface area contributed by atoms with Crippen molar-refractivity contribution in [2.75, 3.05) is 36.5 Å². The maximum atomic E-state index is 12.6. The Morgan fingerprint density at radius 3 is 2.69 bits per heavy atom. The van der Waals surface area contributed by atoms with E-state index in [0.29, 0.717) is 37.9 Å². The molecule has 1 N–H and O–H groups in total. The van der Waals surface area contributed by atoms with Gasteiger partial charge in [0.15, 0.2) is 0 Å². The molecule has 2 heterocycles. The van der Waals surface area contributed by atoms with Gasteiger partial charge in [0.2, 0.25) is 11.9 Å². The summed E-state index contributed by atoms with van der Waals surface area (Å²) in [6, 6.07) is 7.21. The quantitative estimate of drug-likeness (QED) is 0.901. The van der Waals surface area contributed by atoms with Crippen LogP contribution in [0.3, 0.4) is 0 Å². The van der Waals surface area contributed by atoms with E-state index in [1.165, 1.54) is 10.6 Å². The molecular weight excluding hydrogens is 332 g/mol. The molecule has 0 aliphatic carbocycles. The predicted molar refractivity (Wildman–Crippen MR) is 101 cm³/mol. The van der Waals surface area contributed by atoms with Crippen molar-refractivity contribution in [3.05, 3.63) is 51.4 Å². The highest BCUT2D eigenvalue weighted by Gasteiger charge is 2.19. The zero-order valence-electron chi connectivity index (χ0n) is 15.4. The molecule has 1 aromatic carbocycles. The minimum Gasteiger partial charge on any atom is -0.378 e. The van der Waals surface area contributed by atoms with E-state index in [1.54, 1.807) is 6.92 Å². The third-order valence-corrected chi connectivity index (χ3v) is 4.59. The average molecular weight is 356 g/mol. The van der Waals surface area contributed by atoms with Crippen LogP contribution in [0.1, 0.15) is 16.8 Å². The van der Waals surface area contributed by atoms with Crippen LogP contribution in [-0.4, -0.2) is 41.8 Å². The number of nitrogens with one attached hydrogen (secondary N) is 1. The third-order valence-electron chi connectivity index (χ3n) is 4.59. The van der Waals surface area contributed by atoms with E-state index in [2.05, 4.69) is 10.3 Å². The summed E-state index contributed by atoms with van der Waals surface area (Å²) >= 11 is 0. The molecule has 1 aliphatic rings. The summed E-state index contributed by atoms with van der Waals surface area (Å²) in [6.07, 6.45) is 0. The number of nitrogens with zero attached hydrogens (tertiary/aromatic N) is 3. The normalized spacial score (nSPS) is 14.3. The van der Waals surface area contributed by atoms with Crippen LogP contribution in [0.4, 0.5) is 11.6 Å². The summed E-state index contributed by atoms with van der Waals surface area (Å²) in [7, 11) is 0. The van der Waals surface area contributed by atoms with E-state index in [0.717, 1.165) is 16.8 Å². The molecule has 3 rings (SSSR count). The Morgan fingerprint density at radius 1 is 1.23 bits per heavy atom. The van der Waals surface area contributed by atoms with Crippen LogP contribution in [0.25, 0.3) is 0 Å². The molecular formula is C19H24N4O3. The lowest BCUT2D eigenvalue weighted by molar-refractivity contribution is -0.116. The Labute approximate surface area is 152 Å². The summed E-state index contributed by atoms with van der Waals surface area (Å²) in [4.78, 5) is 31.6. The number of ether oxygens (including phenoxy) is 1. The standard InChI is InChI=1S/C19H24N4O3/c1-13-5-4-6-16(15(13)3)21-17(24)12-23-18(25)11-14(2)20-19(23)22-7-9-26-10-8-22/h4-6,11H,7-10,12H2,1-3H3,(H,21,24). The van der Waals surface area contributed by atoms with Crippen LogP contribution in [0.15, 0.2) is 29.1 Å². The van der Waals surface area contributed by atoms with Crippen LogP contribution >= 0.6 is 0 Å². The van der Waals surface area contributed by atoms with Gasteiger partial charge in [-0.05, 0) is 38.0 Å². The molecule has 2 aromatic rings. The first-order valence-electron chi connectivity index (χ1n) is 8.73. The van der Waals surface area contributed by atoms with Gasteiger partial charge in [-0.3, -0.25) is 14.2 Å². The molecule has 7 heteroatoms.